The van der Waals surface area contributed by atoms with Crippen LogP contribution in [0.4, 0.5) is 5.69 Å². The second kappa shape index (κ2) is 13.0. The first kappa shape index (κ1) is 28.5. The van der Waals surface area contributed by atoms with Crippen LogP contribution >= 0.6 is 11.8 Å². The second-order valence-electron chi connectivity index (χ2n) is 8.37. The zero-order chi connectivity index (χ0) is 27.8. The van der Waals surface area contributed by atoms with E-state index in [1.165, 1.54) is 26.0 Å². The Morgan fingerprint density at radius 2 is 1.82 bits per heavy atom. The average molecular weight is 542 g/mol. The number of hydrogen-bond acceptors (Lipinski definition) is 9. The van der Waals surface area contributed by atoms with Crippen LogP contribution in [0.5, 0.6) is 17.2 Å². The van der Waals surface area contributed by atoms with E-state index in [0.717, 1.165) is 11.8 Å². The molecule has 1 aliphatic rings. The maximum Gasteiger partial charge on any atom is 0.267 e. The highest BCUT2D eigenvalue weighted by Crippen LogP contribution is 2.40. The molecule has 1 heterocycles. The molecule has 12 heteroatoms. The molecule has 2 atom stereocenters. The van der Waals surface area contributed by atoms with Crippen molar-refractivity contribution in [1.82, 2.24) is 10.2 Å². The van der Waals surface area contributed by atoms with Crippen LogP contribution in [-0.4, -0.2) is 65.7 Å². The SMILES string of the molecule is COc1cc(/C=C2\SC(=Nc3ccccc3)N([C@@H](CCCN)C(=O)N[C@@H](C)C(N)=O)C2=O)cc(OC)c1O. The van der Waals surface area contributed by atoms with E-state index in [4.69, 9.17) is 20.9 Å². The van der Waals surface area contributed by atoms with Gasteiger partial charge in [0.05, 0.1) is 24.8 Å². The standard InChI is InChI=1S/C26H31N5O6S/c1-15(23(28)33)29-24(34)18(10-7-11-27)31-25(35)21(38-26(31)30-17-8-5-4-6-9-17)14-16-12-19(36-2)22(32)20(13-16)37-3/h4-6,8-9,12-15,18,32H,7,10-11,27H2,1-3H3,(H2,28,33)(H,29,34)/b21-14-,30-26?/t15-,18-/m0/s1. The summed E-state index contributed by atoms with van der Waals surface area (Å²) in [7, 11) is 2.81. The van der Waals surface area contributed by atoms with Gasteiger partial charge in [-0.05, 0) is 74.0 Å². The number of nitrogens with zero attached hydrogens (tertiary/aromatic N) is 2. The fourth-order valence-corrected chi connectivity index (χ4v) is 4.71. The van der Waals surface area contributed by atoms with E-state index in [1.54, 1.807) is 30.3 Å². The van der Waals surface area contributed by atoms with Gasteiger partial charge in [-0.2, -0.15) is 0 Å². The number of ether oxygens (including phenoxy) is 2. The van der Waals surface area contributed by atoms with Gasteiger partial charge in [0.15, 0.2) is 16.7 Å². The Kier molecular flexibility index (Phi) is 9.74. The first-order valence-electron chi connectivity index (χ1n) is 11.8. The van der Waals surface area contributed by atoms with Crippen molar-refractivity contribution in [3.8, 4) is 17.2 Å². The average Bonchev–Trinajstić information content (AvgIpc) is 3.19. The van der Waals surface area contributed by atoms with Crippen LogP contribution in [-0.2, 0) is 14.4 Å². The Balaban J connectivity index is 2.09. The fraction of sp³-hybridized carbons (Fsp3) is 0.308. The molecule has 6 N–H and O–H groups in total. The lowest BCUT2D eigenvalue weighted by Crippen LogP contribution is -2.53. The molecule has 1 fully saturated rings. The minimum absolute atomic E-state index is 0.169. The third kappa shape index (κ3) is 6.64. The number of primary amides is 1. The number of amides is 3. The van der Waals surface area contributed by atoms with E-state index in [2.05, 4.69) is 10.3 Å². The van der Waals surface area contributed by atoms with Crippen LogP contribution in [0.1, 0.15) is 25.3 Å². The molecule has 0 spiro atoms. The van der Waals surface area contributed by atoms with Gasteiger partial charge in [-0.3, -0.25) is 19.3 Å². The van der Waals surface area contributed by atoms with Gasteiger partial charge in [0, 0.05) is 0 Å². The summed E-state index contributed by atoms with van der Waals surface area (Å²) < 4.78 is 10.4. The highest BCUT2D eigenvalue weighted by Gasteiger charge is 2.41. The van der Waals surface area contributed by atoms with Crippen LogP contribution in [0.2, 0.25) is 0 Å². The van der Waals surface area contributed by atoms with Crippen LogP contribution in [0.25, 0.3) is 6.08 Å². The molecule has 0 saturated carbocycles. The minimum Gasteiger partial charge on any atom is -0.502 e. The first-order chi connectivity index (χ1) is 18.2. The molecule has 38 heavy (non-hydrogen) atoms. The lowest BCUT2D eigenvalue weighted by Gasteiger charge is -2.27. The van der Waals surface area contributed by atoms with E-state index in [0.29, 0.717) is 24.2 Å². The Bertz CT molecular complexity index is 1220. The summed E-state index contributed by atoms with van der Waals surface area (Å²) in [6, 6.07) is 10.2. The van der Waals surface area contributed by atoms with Crippen molar-refractivity contribution < 1.29 is 29.0 Å². The van der Waals surface area contributed by atoms with E-state index in [1.807, 2.05) is 18.2 Å². The normalized spacial score (nSPS) is 16.9. The van der Waals surface area contributed by atoms with E-state index in [9.17, 15) is 19.5 Å². The fourth-order valence-electron chi connectivity index (χ4n) is 3.67. The number of aromatic hydroxyl groups is 1. The Hall–Kier alpha value is -4.03. The lowest BCUT2D eigenvalue weighted by atomic mass is 10.1. The van der Waals surface area contributed by atoms with Gasteiger partial charge >= 0.3 is 0 Å². The summed E-state index contributed by atoms with van der Waals surface area (Å²) in [6.07, 6.45) is 2.28. The molecule has 1 aliphatic heterocycles. The molecule has 0 aliphatic carbocycles. The predicted octanol–water partition coefficient (Wildman–Crippen LogP) is 2.11. The molecule has 2 aromatic carbocycles. The Morgan fingerprint density at radius 3 is 2.37 bits per heavy atom. The number of benzene rings is 2. The van der Waals surface area contributed by atoms with Crippen molar-refractivity contribution >= 4 is 46.4 Å². The molecule has 3 rings (SSSR count). The summed E-state index contributed by atoms with van der Waals surface area (Å²) in [4.78, 5) is 44.8. The quantitative estimate of drug-likeness (QED) is 0.314. The smallest absolute Gasteiger partial charge is 0.267 e. The number of hydrogen-bond donors (Lipinski definition) is 4. The predicted molar refractivity (Wildman–Crippen MR) is 146 cm³/mol. The maximum atomic E-state index is 13.8. The van der Waals surface area contributed by atoms with E-state index in [-0.39, 0.29) is 33.7 Å². The number of thioether (sulfide) groups is 1. The molecule has 1 saturated heterocycles. The number of carbonyl (C=O) groups excluding carboxylic acids is 3. The monoisotopic (exact) mass is 541 g/mol. The Labute approximate surface area is 224 Å². The number of rotatable bonds is 11. The van der Waals surface area contributed by atoms with E-state index >= 15 is 0 Å². The molecular formula is C26H31N5O6S. The van der Waals surface area contributed by atoms with Crippen molar-refractivity contribution in [2.75, 3.05) is 20.8 Å². The second-order valence-corrected chi connectivity index (χ2v) is 9.38. The number of amidine groups is 1. The maximum absolute atomic E-state index is 13.8. The third-order valence-electron chi connectivity index (χ3n) is 5.70. The van der Waals surface area contributed by atoms with Crippen molar-refractivity contribution in [2.45, 2.75) is 31.8 Å². The highest BCUT2D eigenvalue weighted by molar-refractivity contribution is 8.18. The lowest BCUT2D eigenvalue weighted by molar-refractivity contribution is -0.134. The minimum atomic E-state index is -0.988. The van der Waals surface area contributed by atoms with Gasteiger partial charge in [-0.1, -0.05) is 18.2 Å². The van der Waals surface area contributed by atoms with Crippen molar-refractivity contribution in [3.63, 3.8) is 0 Å². The van der Waals surface area contributed by atoms with E-state index < -0.39 is 29.8 Å². The molecular weight excluding hydrogens is 510 g/mol. The zero-order valence-corrected chi connectivity index (χ0v) is 22.2. The number of para-hydroxylation sites is 1. The molecule has 2 aromatic rings. The number of nitrogens with two attached hydrogens (primary N) is 2. The van der Waals surface area contributed by atoms with Crippen LogP contribution in [0.3, 0.4) is 0 Å². The summed E-state index contributed by atoms with van der Waals surface area (Å²) in [5.74, 6) is -1.54. The number of methoxy groups -OCH3 is 2. The van der Waals surface area contributed by atoms with Crippen molar-refractivity contribution in [1.29, 1.82) is 0 Å². The number of phenolic OH excluding ortho intramolecular Hbond substituents is 1. The van der Waals surface area contributed by atoms with Gasteiger partial charge < -0.3 is 31.4 Å². The third-order valence-corrected chi connectivity index (χ3v) is 6.68. The molecule has 0 bridgehead atoms. The topological polar surface area (TPSA) is 170 Å². The largest absolute Gasteiger partial charge is 0.502 e. The van der Waals surface area contributed by atoms with Gasteiger partial charge in [0.2, 0.25) is 17.6 Å². The molecule has 0 aromatic heterocycles. The summed E-state index contributed by atoms with van der Waals surface area (Å²) >= 11 is 1.09. The number of aliphatic imine (C=N–C) groups is 1. The van der Waals surface area contributed by atoms with Crippen LogP contribution < -0.4 is 26.3 Å². The molecule has 3 amide bonds. The number of nitrogens with one attached hydrogen (secondary N) is 1. The van der Waals surface area contributed by atoms with Gasteiger partial charge in [-0.15, -0.1) is 0 Å². The summed E-state index contributed by atoms with van der Waals surface area (Å²) in [6.45, 7) is 1.77. The first-order valence-corrected chi connectivity index (χ1v) is 12.6. The van der Waals surface area contributed by atoms with Crippen molar-refractivity contribution in [2.24, 2.45) is 16.5 Å². The molecule has 11 nitrogen and oxygen atoms in total. The van der Waals surface area contributed by atoms with Crippen LogP contribution in [0.15, 0.2) is 52.4 Å². The molecule has 0 unspecified atom stereocenters. The van der Waals surface area contributed by atoms with Crippen molar-refractivity contribution in [3.05, 3.63) is 52.9 Å². The number of carbonyl (C=O) groups is 3. The highest BCUT2D eigenvalue weighted by atomic mass is 32.2. The van der Waals surface area contributed by atoms with Gasteiger partial charge in [0.25, 0.3) is 5.91 Å². The van der Waals surface area contributed by atoms with Gasteiger partial charge in [0.1, 0.15) is 12.1 Å². The van der Waals surface area contributed by atoms with Gasteiger partial charge in [-0.25, -0.2) is 4.99 Å². The Morgan fingerprint density at radius 1 is 1.18 bits per heavy atom. The molecule has 202 valence electrons. The zero-order valence-electron chi connectivity index (χ0n) is 21.3. The van der Waals surface area contributed by atoms with Crippen LogP contribution in [0, 0.1) is 0 Å². The number of phenols is 1. The molecule has 0 radical (unpaired) electrons. The summed E-state index contributed by atoms with van der Waals surface area (Å²) in [5.41, 5.74) is 12.2. The summed E-state index contributed by atoms with van der Waals surface area (Å²) in [5, 5.41) is 13.1.